The van der Waals surface area contributed by atoms with Gasteiger partial charge in [-0.05, 0) is 48.5 Å². The summed E-state index contributed by atoms with van der Waals surface area (Å²) in [5, 5.41) is 9.76. The molecule has 0 fully saturated rings. The molecule has 0 aliphatic rings. The molecule has 14 heteroatoms. The molecule has 0 unspecified atom stereocenters. The molecule has 2 aromatic carbocycles. The Kier molecular flexibility index (Phi) is 6.50. The van der Waals surface area contributed by atoms with Crippen molar-refractivity contribution in [1.29, 1.82) is 0 Å². The Morgan fingerprint density at radius 1 is 0.741 bits per heavy atom. The van der Waals surface area contributed by atoms with Gasteiger partial charge in [-0.1, -0.05) is 5.11 Å². The second-order valence-electron chi connectivity index (χ2n) is 4.68. The van der Waals surface area contributed by atoms with Crippen molar-refractivity contribution in [3.8, 4) is 0 Å². The van der Waals surface area contributed by atoms with Gasteiger partial charge in [0.2, 0.25) is 0 Å². The Bertz CT molecular complexity index is 1090. The van der Waals surface area contributed by atoms with Crippen molar-refractivity contribution < 1.29 is 30.7 Å². The summed E-state index contributed by atoms with van der Waals surface area (Å²) in [5.41, 5.74) is 0.412. The van der Waals surface area contributed by atoms with E-state index in [0.717, 1.165) is 24.3 Å². The molecule has 0 aliphatic heterocycles. The van der Waals surface area contributed by atoms with Gasteiger partial charge < -0.3 is 0 Å². The van der Waals surface area contributed by atoms with Crippen LogP contribution in [0.5, 0.6) is 0 Å². The molecule has 0 saturated heterocycles. The van der Waals surface area contributed by atoms with Crippen molar-refractivity contribution in [1.82, 2.24) is 0 Å². The van der Waals surface area contributed by atoms with Crippen LogP contribution in [0.1, 0.15) is 0 Å². The van der Waals surface area contributed by atoms with E-state index in [0.29, 0.717) is 11.9 Å². The van der Waals surface area contributed by atoms with Gasteiger partial charge in [0.25, 0.3) is 20.2 Å². The Morgan fingerprint density at radius 2 is 1.15 bits per heavy atom. The first-order valence-electron chi connectivity index (χ1n) is 6.74. The highest BCUT2D eigenvalue weighted by molar-refractivity contribution is 8.12. The average molecular weight is 430 g/mol. The monoisotopic (exact) mass is 430 g/mol. The summed E-state index contributed by atoms with van der Waals surface area (Å²) in [6.45, 7) is 0. The lowest BCUT2D eigenvalue weighted by Crippen LogP contribution is -1.96. The minimum atomic E-state index is -4.32. The van der Waals surface area contributed by atoms with Gasteiger partial charge in [-0.3, -0.25) is 13.9 Å². The lowest BCUT2D eigenvalue weighted by Gasteiger charge is -1.96. The lowest BCUT2D eigenvalue weighted by atomic mass is 10.3. The Balaban J connectivity index is 1.93. The maximum atomic E-state index is 11.5. The van der Waals surface area contributed by atoms with Crippen molar-refractivity contribution in [3.63, 3.8) is 0 Å². The number of hydrogen-bond donors (Lipinski definition) is 2. The number of azo groups is 1. The Hall–Kier alpha value is -2.52. The number of carbonyl (C=O) groups excluding carboxylic acids is 1. The van der Waals surface area contributed by atoms with Crippen molar-refractivity contribution in [3.05, 3.63) is 48.5 Å². The van der Waals surface area contributed by atoms with Gasteiger partial charge in [0.1, 0.15) is 11.9 Å². The third-order valence-corrected chi connectivity index (χ3v) is 4.93. The van der Waals surface area contributed by atoms with Crippen LogP contribution in [-0.2, 0) is 20.2 Å². The first kappa shape index (κ1) is 20.8. The number of carbonyl (C=O) groups is 1. The van der Waals surface area contributed by atoms with E-state index in [2.05, 4.69) is 19.9 Å². The van der Waals surface area contributed by atoms with Gasteiger partial charge >= 0.3 is 5.24 Å². The highest BCUT2D eigenvalue weighted by Crippen LogP contribution is 2.21. The molecule has 0 aliphatic carbocycles. The van der Waals surface area contributed by atoms with Gasteiger partial charge in [-0.2, -0.15) is 16.8 Å². The van der Waals surface area contributed by atoms with Crippen LogP contribution in [0.3, 0.4) is 0 Å². The zero-order valence-corrected chi connectivity index (χ0v) is 15.5. The zero-order chi connectivity index (χ0) is 20.1. The van der Waals surface area contributed by atoms with Gasteiger partial charge in [-0.15, -0.1) is 14.7 Å². The van der Waals surface area contributed by atoms with Crippen LogP contribution in [0.15, 0.2) is 78.2 Å². The molecule has 0 aromatic heterocycles. The van der Waals surface area contributed by atoms with E-state index in [1.54, 1.807) is 0 Å². The van der Waals surface area contributed by atoms with Crippen LogP contribution < -0.4 is 0 Å². The molecule has 0 bridgehead atoms. The van der Waals surface area contributed by atoms with Gasteiger partial charge in [0.15, 0.2) is 0 Å². The molecule has 27 heavy (non-hydrogen) atoms. The maximum Gasteiger partial charge on any atom is 0.347 e. The second-order valence-corrected chi connectivity index (χ2v) is 8.21. The predicted octanol–water partition coefficient (Wildman–Crippen LogP) is 3.82. The number of rotatable bonds is 5. The normalized spacial score (nSPS) is 12.7. The highest BCUT2D eigenvalue weighted by atomic mass is 32.2. The fourth-order valence-electron chi connectivity index (χ4n) is 1.59. The van der Waals surface area contributed by atoms with Crippen LogP contribution in [0.4, 0.5) is 16.2 Å². The van der Waals surface area contributed by atoms with Crippen molar-refractivity contribution in [2.75, 3.05) is 0 Å². The average Bonchev–Trinajstić information content (AvgIpc) is 2.59. The highest BCUT2D eigenvalue weighted by Gasteiger charge is 2.09. The first-order valence-corrected chi connectivity index (χ1v) is 10.4. The van der Waals surface area contributed by atoms with Crippen molar-refractivity contribution in [2.45, 2.75) is 9.79 Å². The van der Waals surface area contributed by atoms with Crippen LogP contribution >= 0.6 is 11.9 Å². The third kappa shape index (κ3) is 6.61. The maximum absolute atomic E-state index is 11.5. The Labute approximate surface area is 157 Å². The van der Waals surface area contributed by atoms with Crippen LogP contribution in [0, 0.1) is 0 Å². The fraction of sp³-hybridized carbons (Fsp3) is 0. The summed E-state index contributed by atoms with van der Waals surface area (Å²) in [5.74, 6) is 0. The van der Waals surface area contributed by atoms with Crippen LogP contribution in [-0.4, -0.2) is 31.2 Å². The molecule has 1 amide bonds. The van der Waals surface area contributed by atoms with Crippen molar-refractivity contribution in [2.24, 2.45) is 19.9 Å². The zero-order valence-electron chi connectivity index (χ0n) is 13.1. The molecule has 0 atom stereocenters. The van der Waals surface area contributed by atoms with Crippen molar-refractivity contribution >= 4 is 48.8 Å². The predicted molar refractivity (Wildman–Crippen MR) is 94.5 cm³/mol. The summed E-state index contributed by atoms with van der Waals surface area (Å²) in [4.78, 5) is 10.9. The summed E-state index contributed by atoms with van der Waals surface area (Å²) in [7, 11) is -8.62. The van der Waals surface area contributed by atoms with Crippen LogP contribution in [0.25, 0.3) is 0 Å². The van der Waals surface area contributed by atoms with E-state index in [-0.39, 0.29) is 21.2 Å². The second kappa shape index (κ2) is 8.45. The Morgan fingerprint density at radius 3 is 1.56 bits per heavy atom. The molecule has 2 aromatic rings. The molecule has 2 rings (SSSR count). The molecule has 0 spiro atoms. The van der Waals surface area contributed by atoms with E-state index in [4.69, 9.17) is 9.11 Å². The molecular weight excluding hydrogens is 420 g/mol. The van der Waals surface area contributed by atoms with E-state index in [1.165, 1.54) is 24.3 Å². The minimum absolute atomic E-state index is 0.175. The standard InChI is InChI=1S/C13H10N4O7S3/c18-13(16-14-9-1-5-11(6-2-9)26(19,20)21)25-17-15-10-3-7-12(8-4-10)27(22,23)24/h1-8H,(H,19,20,21)(H,22,23,24). The number of benzene rings is 2. The van der Waals surface area contributed by atoms with E-state index in [1.807, 2.05) is 0 Å². The quantitative estimate of drug-likeness (QED) is 0.408. The largest absolute Gasteiger partial charge is 0.347 e. The van der Waals surface area contributed by atoms with E-state index >= 15 is 0 Å². The molecule has 2 N–H and O–H groups in total. The molecule has 11 nitrogen and oxygen atoms in total. The third-order valence-electron chi connectivity index (χ3n) is 2.79. The lowest BCUT2D eigenvalue weighted by molar-refractivity contribution is 0.266. The summed E-state index contributed by atoms with van der Waals surface area (Å²) >= 11 is 0.363. The number of amides is 1. The molecule has 0 saturated carbocycles. The van der Waals surface area contributed by atoms with Gasteiger partial charge in [0, 0.05) is 0 Å². The topological polar surface area (TPSA) is 175 Å². The van der Waals surface area contributed by atoms with Gasteiger partial charge in [-0.25, -0.2) is 0 Å². The SMILES string of the molecule is O=C(N=Nc1ccc(S(=O)(=O)O)cc1)SN=Nc1ccc(S(=O)(=O)O)cc1. The summed E-state index contributed by atoms with van der Waals surface area (Å²) < 4.78 is 64.8. The molecular formula is C13H10N4O7S3. The van der Waals surface area contributed by atoms with Crippen LogP contribution in [0.2, 0.25) is 0 Å². The molecule has 0 heterocycles. The number of hydrogen-bond acceptors (Lipinski definition) is 9. The van der Waals surface area contributed by atoms with E-state index < -0.39 is 25.5 Å². The molecule has 0 radical (unpaired) electrons. The smallest absolute Gasteiger partial charge is 0.282 e. The minimum Gasteiger partial charge on any atom is -0.282 e. The molecule has 142 valence electrons. The van der Waals surface area contributed by atoms with Gasteiger partial charge in [0.05, 0.1) is 21.2 Å². The number of nitrogens with zero attached hydrogens (tertiary/aromatic N) is 4. The fourth-order valence-corrected chi connectivity index (χ4v) is 2.83. The first-order chi connectivity index (χ1) is 12.6. The summed E-state index contributed by atoms with van der Waals surface area (Å²) in [6.07, 6.45) is 0. The summed E-state index contributed by atoms with van der Waals surface area (Å²) in [6, 6.07) is 9.45. The van der Waals surface area contributed by atoms with E-state index in [9.17, 15) is 21.6 Å².